The largest absolute Gasteiger partial charge is 0.382 e. The predicted molar refractivity (Wildman–Crippen MR) is 218 cm³/mol. The summed E-state index contributed by atoms with van der Waals surface area (Å²) in [6.07, 6.45) is 6.22. The molecule has 9 rings (SSSR count). The molecule has 0 bridgehead atoms. The average Bonchev–Trinajstić information content (AvgIpc) is 3.92. The number of aryl methyl sites for hydroxylation is 4. The van der Waals surface area contributed by atoms with Crippen LogP contribution in [0.3, 0.4) is 0 Å². The van der Waals surface area contributed by atoms with E-state index in [-0.39, 0.29) is 53.2 Å². The Hall–Kier alpha value is -7.00. The van der Waals surface area contributed by atoms with Gasteiger partial charge in [0.25, 0.3) is 11.7 Å². The fourth-order valence-electron chi connectivity index (χ4n) is 8.37. The molecule has 6 aromatic rings. The highest BCUT2D eigenvalue weighted by Crippen LogP contribution is 2.37. The van der Waals surface area contributed by atoms with Gasteiger partial charge in [0.2, 0.25) is 23.7 Å². The highest BCUT2D eigenvalue weighted by molar-refractivity contribution is 6.07. The molecule has 1 spiro atoms. The number of benzene rings is 1. The van der Waals surface area contributed by atoms with Crippen LogP contribution >= 0.6 is 0 Å². The molecule has 7 N–H and O–H groups in total. The van der Waals surface area contributed by atoms with Crippen LogP contribution in [0.1, 0.15) is 73.6 Å². The average molecular weight is 818 g/mol. The molecule has 2 fully saturated rings. The van der Waals surface area contributed by atoms with Gasteiger partial charge in [0, 0.05) is 63.1 Å². The van der Waals surface area contributed by atoms with Crippen LogP contribution in [-0.4, -0.2) is 111 Å². The van der Waals surface area contributed by atoms with Crippen LogP contribution in [0.2, 0.25) is 0 Å². The van der Waals surface area contributed by atoms with Crippen molar-refractivity contribution in [3.8, 4) is 5.69 Å². The summed E-state index contributed by atoms with van der Waals surface area (Å²) >= 11 is 0. The van der Waals surface area contributed by atoms with E-state index in [0.29, 0.717) is 64.7 Å². The van der Waals surface area contributed by atoms with Gasteiger partial charge in [-0.3, -0.25) is 44.0 Å². The number of hydrogen-bond acceptors (Lipinski definition) is 12. The Morgan fingerprint density at radius 3 is 2.25 bits per heavy atom. The number of primary amides is 2. The van der Waals surface area contributed by atoms with Crippen molar-refractivity contribution in [2.75, 3.05) is 48.8 Å². The summed E-state index contributed by atoms with van der Waals surface area (Å²) in [5.41, 5.74) is 15.4. The third-order valence-corrected chi connectivity index (χ3v) is 11.5. The molecular formula is C39H45N16O5+. The topological polar surface area (TPSA) is 257 Å². The number of nitrogens with one attached hydrogen (secondary N) is 3. The molecule has 8 heterocycles. The van der Waals surface area contributed by atoms with Crippen LogP contribution in [0, 0.1) is 13.8 Å². The van der Waals surface area contributed by atoms with Gasteiger partial charge in [0.15, 0.2) is 17.0 Å². The number of carbonyl (C=O) groups excluding carboxylic acids is 4. The number of carbonyl (C=O) groups is 4. The van der Waals surface area contributed by atoms with Crippen molar-refractivity contribution in [2.45, 2.75) is 65.8 Å². The summed E-state index contributed by atoms with van der Waals surface area (Å²) in [5, 5.41) is 18.9. The second-order valence-electron chi connectivity index (χ2n) is 15.2. The van der Waals surface area contributed by atoms with Gasteiger partial charge in [-0.25, -0.2) is 15.0 Å². The first-order chi connectivity index (χ1) is 28.9. The van der Waals surface area contributed by atoms with Crippen LogP contribution in [0.5, 0.6) is 0 Å². The molecule has 3 aliphatic heterocycles. The quantitative estimate of drug-likeness (QED) is 0.108. The Morgan fingerprint density at radius 2 is 1.58 bits per heavy atom. The number of anilines is 3. The molecule has 0 radical (unpaired) electrons. The van der Waals surface area contributed by atoms with Crippen molar-refractivity contribution in [3.05, 3.63) is 70.7 Å². The number of nitrogens with zero attached hydrogens (tertiary/aromatic N) is 11. The SMILES string of the molecule is CCn1nc(C)c2c1C(=O)Nc1nc3cc(C(N)=O)cc(NCCN4CCC45COC5)c3n1C/C=C/Cn1c(nc3cc(C(N)=O)cnc31)NC(=O)c1n(CC)nc(C)[n+]1-2. The van der Waals surface area contributed by atoms with Crippen molar-refractivity contribution in [3.63, 3.8) is 0 Å². The molecule has 310 valence electrons. The maximum Gasteiger partial charge on any atom is 0.331 e. The van der Waals surface area contributed by atoms with E-state index in [4.69, 9.17) is 26.3 Å². The minimum atomic E-state index is -0.669. The summed E-state index contributed by atoms with van der Waals surface area (Å²) in [7, 11) is 0. The van der Waals surface area contributed by atoms with Gasteiger partial charge in [-0.2, -0.15) is 9.67 Å². The molecule has 21 heteroatoms. The van der Waals surface area contributed by atoms with E-state index in [1.54, 1.807) is 44.5 Å². The van der Waals surface area contributed by atoms with Crippen molar-refractivity contribution in [1.82, 2.24) is 48.5 Å². The second kappa shape index (κ2) is 14.7. The molecule has 4 amide bonds. The van der Waals surface area contributed by atoms with Crippen molar-refractivity contribution in [1.29, 1.82) is 0 Å². The van der Waals surface area contributed by atoms with E-state index in [2.05, 4.69) is 35.9 Å². The number of likely N-dealkylation sites (tertiary alicyclic amines) is 1. The number of pyridine rings is 1. The van der Waals surface area contributed by atoms with Crippen LogP contribution < -0.4 is 32.0 Å². The minimum Gasteiger partial charge on any atom is -0.382 e. The summed E-state index contributed by atoms with van der Waals surface area (Å²) in [5.74, 6) is -1.48. The number of hydrogen-bond donors (Lipinski definition) is 5. The number of imidazole rings is 2. The Labute approximate surface area is 342 Å². The molecule has 0 unspecified atom stereocenters. The predicted octanol–water partition coefficient (Wildman–Crippen LogP) is 1.27. The second-order valence-corrected chi connectivity index (χ2v) is 15.2. The van der Waals surface area contributed by atoms with E-state index in [1.807, 2.05) is 30.6 Å². The zero-order valence-electron chi connectivity index (χ0n) is 33.7. The van der Waals surface area contributed by atoms with E-state index >= 15 is 0 Å². The third kappa shape index (κ3) is 6.24. The monoisotopic (exact) mass is 817 g/mol. The Morgan fingerprint density at radius 1 is 0.900 bits per heavy atom. The van der Waals surface area contributed by atoms with Crippen LogP contribution in [0.25, 0.3) is 27.9 Å². The number of allylic oxidation sites excluding steroid dienone is 2. The summed E-state index contributed by atoms with van der Waals surface area (Å²) in [6.45, 7) is 12.0. The fourth-order valence-corrected chi connectivity index (χ4v) is 8.37. The number of rotatable bonds is 8. The maximum absolute atomic E-state index is 14.7. The first kappa shape index (κ1) is 38.5. The van der Waals surface area contributed by atoms with E-state index in [9.17, 15) is 19.2 Å². The van der Waals surface area contributed by atoms with E-state index in [0.717, 1.165) is 32.7 Å². The van der Waals surface area contributed by atoms with E-state index < -0.39 is 23.6 Å². The highest BCUT2D eigenvalue weighted by Gasteiger charge is 2.50. The van der Waals surface area contributed by atoms with Crippen LogP contribution in [-0.2, 0) is 30.9 Å². The van der Waals surface area contributed by atoms with Gasteiger partial charge in [0.05, 0.1) is 46.7 Å². The standard InChI is InChI=1S/C39H44N16O5/c1-5-53-30-28(21(3)48-53)55-22(4)49-54(6-2)36(55)35(59)47-38-45-27-17-24(32(41)57)18-43-33(27)52(38)12-8-7-11-51-29-25(42-10-14-50-13-9-39(50)19-60-20-39)15-23(31(40)56)16-26(29)44-37(51)46-34(30)58/h7-8,15-18,42H,5-6,9-14,19-20H2,1-4H3,(H5-,40,41,44,45,46,47,56,57,58,59)/p+1/b8-7+. The molecular weight excluding hydrogens is 773 g/mol. The lowest BCUT2D eigenvalue weighted by Crippen LogP contribution is -2.71. The minimum absolute atomic E-state index is 0.106. The molecule has 0 atom stereocenters. The molecule has 1 aromatic carbocycles. The molecule has 60 heavy (non-hydrogen) atoms. The number of amides is 4. The van der Waals surface area contributed by atoms with Crippen LogP contribution in [0.15, 0.2) is 36.5 Å². The Bertz CT molecular complexity index is 2800. The van der Waals surface area contributed by atoms with Gasteiger partial charge in [0.1, 0.15) is 12.1 Å². The molecule has 5 aromatic heterocycles. The molecule has 3 aliphatic rings. The van der Waals surface area contributed by atoms with Gasteiger partial charge < -0.3 is 26.1 Å². The first-order valence-electron chi connectivity index (χ1n) is 19.8. The number of ether oxygens (including phenoxy) is 1. The fraction of sp³-hybridized carbons (Fsp3) is 0.385. The van der Waals surface area contributed by atoms with Gasteiger partial charge in [-0.15, -0.1) is 4.68 Å². The van der Waals surface area contributed by atoms with Crippen molar-refractivity contribution >= 4 is 63.4 Å². The summed E-state index contributed by atoms with van der Waals surface area (Å²) in [4.78, 5) is 70.5. The number of fused-ring (bicyclic) bond motifs is 9. The van der Waals surface area contributed by atoms with Crippen molar-refractivity contribution in [2.24, 2.45) is 11.5 Å². The van der Waals surface area contributed by atoms with Gasteiger partial charge in [-0.1, -0.05) is 12.2 Å². The maximum atomic E-state index is 14.7. The molecule has 0 saturated carbocycles. The summed E-state index contributed by atoms with van der Waals surface area (Å²) < 4.78 is 13.8. The lowest BCUT2D eigenvalue weighted by atomic mass is 9.83. The summed E-state index contributed by atoms with van der Waals surface area (Å²) in [6, 6.07) is 4.85. The Balaban J connectivity index is 1.21. The van der Waals surface area contributed by atoms with Gasteiger partial charge in [-0.05, 0) is 45.4 Å². The zero-order chi connectivity index (χ0) is 42.0. The van der Waals surface area contributed by atoms with Crippen molar-refractivity contribution < 1.29 is 28.5 Å². The molecule has 0 aliphatic carbocycles. The van der Waals surface area contributed by atoms with Gasteiger partial charge >= 0.3 is 11.7 Å². The molecule has 21 nitrogen and oxygen atoms in total. The lowest BCUT2D eigenvalue weighted by molar-refractivity contribution is -0.606. The molecule has 2 saturated heterocycles. The first-order valence-corrected chi connectivity index (χ1v) is 19.8. The lowest BCUT2D eigenvalue weighted by Gasteiger charge is -2.57. The normalized spacial score (nSPS) is 16.9. The van der Waals surface area contributed by atoms with Crippen LogP contribution in [0.4, 0.5) is 17.6 Å². The zero-order valence-corrected chi connectivity index (χ0v) is 33.7. The number of aromatic nitrogens is 10. The van der Waals surface area contributed by atoms with E-state index in [1.165, 1.54) is 12.3 Å². The third-order valence-electron chi connectivity index (χ3n) is 11.5. The smallest absolute Gasteiger partial charge is 0.331 e. The highest BCUT2D eigenvalue weighted by atomic mass is 16.5. The Kier molecular flexibility index (Phi) is 9.42. The number of nitrogens with two attached hydrogens (primary N) is 2.